The zero-order chi connectivity index (χ0) is 23.0. The minimum atomic E-state index is -4.33. The van der Waals surface area contributed by atoms with E-state index < -0.39 is 33.5 Å². The standard InChI is InChI=1S/C22H15ClF2N2O4S/c23-17-2-1-3-18(25)21(17)22(29)26-15-8-4-13-5-11-20(28)27(19(13)12-15)32(30,31)16-9-6-14(24)7-10-16/h1-4,6-10,12H,5,11H2,(H,26,29). The molecule has 3 aromatic rings. The van der Waals surface area contributed by atoms with Gasteiger partial charge in [0, 0.05) is 12.1 Å². The zero-order valence-electron chi connectivity index (χ0n) is 16.3. The maximum Gasteiger partial charge on any atom is 0.270 e. The number of carbonyl (C=O) groups excluding carboxylic acids is 2. The van der Waals surface area contributed by atoms with E-state index in [9.17, 15) is 26.8 Å². The van der Waals surface area contributed by atoms with Crippen LogP contribution in [0.4, 0.5) is 20.2 Å². The number of halogens is 3. The molecule has 0 saturated heterocycles. The summed E-state index contributed by atoms with van der Waals surface area (Å²) >= 11 is 5.93. The van der Waals surface area contributed by atoms with Crippen LogP contribution in [0, 0.1) is 11.6 Å². The molecule has 3 aromatic carbocycles. The van der Waals surface area contributed by atoms with Crippen molar-refractivity contribution in [2.75, 3.05) is 9.62 Å². The molecule has 0 unspecified atom stereocenters. The number of carbonyl (C=O) groups is 2. The first-order valence-electron chi connectivity index (χ1n) is 9.40. The molecule has 1 aliphatic heterocycles. The van der Waals surface area contributed by atoms with Crippen LogP contribution in [0.1, 0.15) is 22.3 Å². The second-order valence-corrected chi connectivity index (χ2v) is 9.21. The topological polar surface area (TPSA) is 83.6 Å². The first-order valence-corrected chi connectivity index (χ1v) is 11.2. The van der Waals surface area contributed by atoms with Gasteiger partial charge in [-0.2, -0.15) is 0 Å². The molecule has 0 radical (unpaired) electrons. The summed E-state index contributed by atoms with van der Waals surface area (Å²) in [6.07, 6.45) is 0.265. The average molecular weight is 477 g/mol. The number of anilines is 2. The predicted molar refractivity (Wildman–Crippen MR) is 115 cm³/mol. The van der Waals surface area contributed by atoms with Crippen molar-refractivity contribution < 1.29 is 26.8 Å². The normalized spacial score (nSPS) is 13.6. The third-order valence-electron chi connectivity index (χ3n) is 4.94. The monoisotopic (exact) mass is 476 g/mol. The molecule has 0 fully saturated rings. The Hall–Kier alpha value is -3.30. The minimum absolute atomic E-state index is 0.0377. The first-order chi connectivity index (χ1) is 15.2. The van der Waals surface area contributed by atoms with Crippen LogP contribution in [-0.2, 0) is 21.2 Å². The second kappa shape index (κ2) is 8.33. The summed E-state index contributed by atoms with van der Waals surface area (Å²) in [7, 11) is -4.33. The predicted octanol–water partition coefficient (Wildman–Crippen LogP) is 4.54. The van der Waals surface area contributed by atoms with Gasteiger partial charge >= 0.3 is 0 Å². The van der Waals surface area contributed by atoms with Gasteiger partial charge in [0.05, 0.1) is 21.2 Å². The van der Waals surface area contributed by atoms with Crippen LogP contribution in [0.25, 0.3) is 0 Å². The van der Waals surface area contributed by atoms with Gasteiger partial charge in [0.25, 0.3) is 15.9 Å². The summed E-state index contributed by atoms with van der Waals surface area (Å²) in [5, 5.41) is 2.39. The van der Waals surface area contributed by atoms with Crippen molar-refractivity contribution in [3.05, 3.63) is 88.4 Å². The van der Waals surface area contributed by atoms with Crippen molar-refractivity contribution in [1.82, 2.24) is 0 Å². The number of hydrogen-bond donors (Lipinski definition) is 1. The number of amides is 2. The molecule has 0 aromatic heterocycles. The molecule has 0 aliphatic carbocycles. The van der Waals surface area contributed by atoms with Crippen molar-refractivity contribution in [3.8, 4) is 0 Å². The molecule has 32 heavy (non-hydrogen) atoms. The molecule has 1 aliphatic rings. The highest BCUT2D eigenvalue weighted by atomic mass is 35.5. The van der Waals surface area contributed by atoms with E-state index in [2.05, 4.69) is 5.32 Å². The number of hydrogen-bond acceptors (Lipinski definition) is 4. The third-order valence-corrected chi connectivity index (χ3v) is 7.00. The van der Waals surface area contributed by atoms with Gasteiger partial charge in [-0.3, -0.25) is 9.59 Å². The van der Waals surface area contributed by atoms with Crippen LogP contribution in [0.15, 0.2) is 65.6 Å². The van der Waals surface area contributed by atoms with Gasteiger partial charge in [0.1, 0.15) is 11.6 Å². The zero-order valence-corrected chi connectivity index (χ0v) is 17.9. The van der Waals surface area contributed by atoms with Gasteiger partial charge in [-0.1, -0.05) is 23.7 Å². The SMILES string of the molecule is O=C(Nc1ccc2c(c1)N(S(=O)(=O)c1ccc(F)cc1)C(=O)CC2)c1c(F)cccc1Cl. The molecule has 1 N–H and O–H groups in total. The summed E-state index contributed by atoms with van der Waals surface area (Å²) < 4.78 is 54.2. The molecule has 10 heteroatoms. The lowest BCUT2D eigenvalue weighted by Crippen LogP contribution is -2.40. The molecule has 0 bridgehead atoms. The molecule has 0 atom stereocenters. The van der Waals surface area contributed by atoms with E-state index in [0.717, 1.165) is 30.3 Å². The number of aryl methyl sites for hydroxylation is 1. The van der Waals surface area contributed by atoms with E-state index in [1.165, 1.54) is 24.3 Å². The van der Waals surface area contributed by atoms with Crippen molar-refractivity contribution >= 4 is 44.8 Å². The maximum absolute atomic E-state index is 14.1. The Bertz CT molecular complexity index is 1320. The lowest BCUT2D eigenvalue weighted by molar-refractivity contribution is -0.117. The van der Waals surface area contributed by atoms with E-state index >= 15 is 0 Å². The summed E-state index contributed by atoms with van der Waals surface area (Å²) in [6.45, 7) is 0. The average Bonchev–Trinajstić information content (AvgIpc) is 2.73. The largest absolute Gasteiger partial charge is 0.322 e. The fraction of sp³-hybridized carbons (Fsp3) is 0.0909. The van der Waals surface area contributed by atoms with Crippen molar-refractivity contribution in [2.45, 2.75) is 17.7 Å². The number of sulfonamides is 1. The molecule has 1 heterocycles. The van der Waals surface area contributed by atoms with Crippen LogP contribution >= 0.6 is 11.6 Å². The molecule has 6 nitrogen and oxygen atoms in total. The molecule has 0 spiro atoms. The number of benzene rings is 3. The summed E-state index contributed by atoms with van der Waals surface area (Å²) in [6, 6.07) is 12.3. The van der Waals surface area contributed by atoms with Gasteiger partial charge in [-0.05, 0) is 60.5 Å². The van der Waals surface area contributed by atoms with Crippen LogP contribution < -0.4 is 9.62 Å². The Kier molecular flexibility index (Phi) is 5.70. The Labute approximate surface area is 187 Å². The smallest absolute Gasteiger partial charge is 0.270 e. The van der Waals surface area contributed by atoms with Crippen LogP contribution in [0.2, 0.25) is 5.02 Å². The second-order valence-electron chi connectivity index (χ2n) is 7.01. The summed E-state index contributed by atoms with van der Waals surface area (Å²) in [5.41, 5.74) is 0.404. The lowest BCUT2D eigenvalue weighted by atomic mass is 10.0. The summed E-state index contributed by atoms with van der Waals surface area (Å²) in [4.78, 5) is 24.9. The fourth-order valence-corrected chi connectivity index (χ4v) is 5.13. The molecule has 4 rings (SSSR count). The van der Waals surface area contributed by atoms with Crippen molar-refractivity contribution in [1.29, 1.82) is 0 Å². The Morgan fingerprint density at radius 3 is 2.41 bits per heavy atom. The summed E-state index contributed by atoms with van der Waals surface area (Å²) in [5.74, 6) is -2.93. The van der Waals surface area contributed by atoms with Gasteiger partial charge in [0.2, 0.25) is 5.91 Å². The number of nitrogens with zero attached hydrogens (tertiary/aromatic N) is 1. The first kappa shape index (κ1) is 21.9. The Morgan fingerprint density at radius 2 is 1.72 bits per heavy atom. The van der Waals surface area contributed by atoms with Gasteiger partial charge < -0.3 is 5.32 Å². The van der Waals surface area contributed by atoms with E-state index in [1.54, 1.807) is 6.07 Å². The van der Waals surface area contributed by atoms with Crippen molar-refractivity contribution in [2.24, 2.45) is 0 Å². The number of nitrogens with one attached hydrogen (secondary N) is 1. The van der Waals surface area contributed by atoms with E-state index in [1.807, 2.05) is 0 Å². The van der Waals surface area contributed by atoms with Crippen LogP contribution in [0.5, 0.6) is 0 Å². The molecule has 0 saturated carbocycles. The maximum atomic E-state index is 14.1. The molecular formula is C22H15ClF2N2O4S. The Balaban J connectivity index is 1.73. The number of fused-ring (bicyclic) bond motifs is 1. The van der Waals surface area contributed by atoms with Crippen LogP contribution in [-0.4, -0.2) is 20.2 Å². The minimum Gasteiger partial charge on any atom is -0.322 e. The number of rotatable bonds is 4. The third kappa shape index (κ3) is 3.96. The molecule has 164 valence electrons. The van der Waals surface area contributed by atoms with Gasteiger partial charge in [0.15, 0.2) is 0 Å². The highest BCUT2D eigenvalue weighted by Gasteiger charge is 2.35. The quantitative estimate of drug-likeness (QED) is 0.599. The van der Waals surface area contributed by atoms with Crippen molar-refractivity contribution in [3.63, 3.8) is 0 Å². The lowest BCUT2D eigenvalue weighted by Gasteiger charge is -2.29. The molecule has 2 amide bonds. The van der Waals surface area contributed by atoms with E-state index in [0.29, 0.717) is 16.3 Å². The van der Waals surface area contributed by atoms with Gasteiger partial charge in [-0.15, -0.1) is 0 Å². The fourth-order valence-electron chi connectivity index (χ4n) is 3.40. The Morgan fingerprint density at radius 1 is 1.00 bits per heavy atom. The van der Waals surface area contributed by atoms with Gasteiger partial charge in [-0.25, -0.2) is 21.5 Å². The van der Waals surface area contributed by atoms with E-state index in [-0.39, 0.29) is 33.3 Å². The highest BCUT2D eigenvalue weighted by Crippen LogP contribution is 2.35. The highest BCUT2D eigenvalue weighted by molar-refractivity contribution is 7.93. The van der Waals surface area contributed by atoms with E-state index in [4.69, 9.17) is 11.6 Å². The van der Waals surface area contributed by atoms with Crippen LogP contribution in [0.3, 0.4) is 0 Å². The molecular weight excluding hydrogens is 462 g/mol.